The summed E-state index contributed by atoms with van der Waals surface area (Å²) in [6.07, 6.45) is 3.38. The molecule has 1 unspecified atom stereocenters. The van der Waals surface area contributed by atoms with Crippen molar-refractivity contribution in [2.75, 3.05) is 18.8 Å². The zero-order valence-corrected chi connectivity index (χ0v) is 13.5. The highest BCUT2D eigenvalue weighted by atomic mass is 79.9. The molecule has 7 heteroatoms. The minimum atomic E-state index is -3.50. The third-order valence-corrected chi connectivity index (χ3v) is 6.35. The highest BCUT2D eigenvalue weighted by Crippen LogP contribution is 2.30. The number of benzene rings is 1. The van der Waals surface area contributed by atoms with Crippen LogP contribution in [0.4, 0.5) is 5.69 Å². The number of hydrogen-bond donors (Lipinski definition) is 2. The fourth-order valence-electron chi connectivity index (χ4n) is 2.67. The van der Waals surface area contributed by atoms with Gasteiger partial charge in [-0.25, -0.2) is 13.1 Å². The van der Waals surface area contributed by atoms with E-state index < -0.39 is 10.0 Å². The van der Waals surface area contributed by atoms with Gasteiger partial charge < -0.3 is 5.73 Å². The SMILES string of the molecule is Nc1ccc(S(=O)(=O)NC2CCN(C3CC3)C2)c(Br)c1. The third-order valence-electron chi connectivity index (χ3n) is 3.85. The summed E-state index contributed by atoms with van der Waals surface area (Å²) in [5.41, 5.74) is 6.18. The zero-order valence-electron chi connectivity index (χ0n) is 11.0. The summed E-state index contributed by atoms with van der Waals surface area (Å²) in [7, 11) is -3.50. The van der Waals surface area contributed by atoms with Crippen molar-refractivity contribution in [3.05, 3.63) is 22.7 Å². The molecule has 3 N–H and O–H groups in total. The summed E-state index contributed by atoms with van der Waals surface area (Å²) in [5.74, 6) is 0. The van der Waals surface area contributed by atoms with Crippen molar-refractivity contribution in [2.24, 2.45) is 0 Å². The van der Waals surface area contributed by atoms with Crippen LogP contribution in [0.3, 0.4) is 0 Å². The summed E-state index contributed by atoms with van der Waals surface area (Å²) >= 11 is 3.27. The molecular formula is C13H18BrN3O2S. The fraction of sp³-hybridized carbons (Fsp3) is 0.538. The summed E-state index contributed by atoms with van der Waals surface area (Å²) in [6.45, 7) is 1.80. The van der Waals surface area contributed by atoms with Crippen LogP contribution in [0.2, 0.25) is 0 Å². The van der Waals surface area contributed by atoms with Gasteiger partial charge in [0.15, 0.2) is 0 Å². The van der Waals surface area contributed by atoms with Gasteiger partial charge in [0, 0.05) is 35.3 Å². The maximum Gasteiger partial charge on any atom is 0.241 e. The maximum absolute atomic E-state index is 12.4. The molecule has 1 aromatic rings. The average molecular weight is 360 g/mol. The van der Waals surface area contributed by atoms with Crippen LogP contribution in [0.1, 0.15) is 19.3 Å². The summed E-state index contributed by atoms with van der Waals surface area (Å²) in [6, 6.07) is 5.44. The van der Waals surface area contributed by atoms with Gasteiger partial charge >= 0.3 is 0 Å². The predicted octanol–water partition coefficient (Wildman–Crippen LogP) is 1.55. The quantitative estimate of drug-likeness (QED) is 0.799. The topological polar surface area (TPSA) is 75.4 Å². The molecule has 3 rings (SSSR count). The number of sulfonamides is 1. The molecule has 1 saturated heterocycles. The molecule has 1 saturated carbocycles. The van der Waals surface area contributed by atoms with Crippen molar-refractivity contribution in [3.63, 3.8) is 0 Å². The molecule has 1 heterocycles. The number of halogens is 1. The Morgan fingerprint density at radius 3 is 2.70 bits per heavy atom. The molecule has 5 nitrogen and oxygen atoms in total. The van der Waals surface area contributed by atoms with Crippen LogP contribution >= 0.6 is 15.9 Å². The van der Waals surface area contributed by atoms with Crippen molar-refractivity contribution in [1.29, 1.82) is 0 Å². The van der Waals surface area contributed by atoms with E-state index in [1.807, 2.05) is 0 Å². The smallest absolute Gasteiger partial charge is 0.241 e. The first kappa shape index (κ1) is 14.3. The number of nitrogens with zero attached hydrogens (tertiary/aromatic N) is 1. The Morgan fingerprint density at radius 2 is 2.05 bits per heavy atom. The van der Waals surface area contributed by atoms with E-state index in [9.17, 15) is 8.42 Å². The van der Waals surface area contributed by atoms with E-state index in [0.29, 0.717) is 16.2 Å². The monoisotopic (exact) mass is 359 g/mol. The number of rotatable bonds is 4. The van der Waals surface area contributed by atoms with Gasteiger partial charge in [-0.05, 0) is 53.4 Å². The lowest BCUT2D eigenvalue weighted by molar-refractivity contribution is 0.322. The Kier molecular flexibility index (Phi) is 3.79. The highest BCUT2D eigenvalue weighted by molar-refractivity contribution is 9.10. The predicted molar refractivity (Wildman–Crippen MR) is 81.9 cm³/mol. The Bertz CT molecular complexity index is 616. The molecule has 20 heavy (non-hydrogen) atoms. The zero-order chi connectivity index (χ0) is 14.3. The van der Waals surface area contributed by atoms with Crippen molar-refractivity contribution in [3.8, 4) is 0 Å². The van der Waals surface area contributed by atoms with E-state index in [-0.39, 0.29) is 10.9 Å². The molecule has 0 radical (unpaired) electrons. The molecular weight excluding hydrogens is 342 g/mol. The van der Waals surface area contributed by atoms with Gasteiger partial charge in [-0.15, -0.1) is 0 Å². The number of hydrogen-bond acceptors (Lipinski definition) is 4. The average Bonchev–Trinajstić information content (AvgIpc) is 3.10. The minimum Gasteiger partial charge on any atom is -0.399 e. The standard InChI is InChI=1S/C13H18BrN3O2S/c14-12-7-9(15)1-4-13(12)20(18,19)16-10-5-6-17(8-10)11-2-3-11/h1,4,7,10-11,16H,2-3,5-6,8,15H2. The van der Waals surface area contributed by atoms with Crippen LogP contribution in [0.15, 0.2) is 27.6 Å². The second-order valence-electron chi connectivity index (χ2n) is 5.52. The van der Waals surface area contributed by atoms with Gasteiger partial charge in [0.25, 0.3) is 0 Å². The summed E-state index contributed by atoms with van der Waals surface area (Å²) < 4.78 is 28.1. The largest absolute Gasteiger partial charge is 0.399 e. The maximum atomic E-state index is 12.4. The van der Waals surface area contributed by atoms with E-state index in [4.69, 9.17) is 5.73 Å². The molecule has 2 aliphatic rings. The van der Waals surface area contributed by atoms with E-state index in [0.717, 1.165) is 19.5 Å². The lowest BCUT2D eigenvalue weighted by atomic mass is 10.3. The van der Waals surface area contributed by atoms with Gasteiger partial charge in [-0.2, -0.15) is 0 Å². The van der Waals surface area contributed by atoms with Crippen molar-refractivity contribution >= 4 is 31.6 Å². The van der Waals surface area contributed by atoms with Crippen molar-refractivity contribution in [2.45, 2.75) is 36.2 Å². The van der Waals surface area contributed by atoms with Gasteiger partial charge in [0.05, 0.1) is 4.90 Å². The number of anilines is 1. The van der Waals surface area contributed by atoms with Crippen LogP contribution in [0.25, 0.3) is 0 Å². The normalized spacial score (nSPS) is 24.1. The van der Waals surface area contributed by atoms with E-state index in [1.54, 1.807) is 12.1 Å². The first-order valence-electron chi connectivity index (χ1n) is 6.77. The first-order valence-corrected chi connectivity index (χ1v) is 9.05. The van der Waals surface area contributed by atoms with Gasteiger partial charge in [-0.3, -0.25) is 4.90 Å². The fourth-order valence-corrected chi connectivity index (χ4v) is 5.03. The second kappa shape index (κ2) is 5.29. The van der Waals surface area contributed by atoms with Crippen molar-refractivity contribution < 1.29 is 8.42 Å². The Labute approximate surface area is 127 Å². The van der Waals surface area contributed by atoms with Crippen LogP contribution in [-0.4, -0.2) is 38.5 Å². The van der Waals surface area contributed by atoms with Gasteiger partial charge in [0.1, 0.15) is 0 Å². The molecule has 0 amide bonds. The van der Waals surface area contributed by atoms with Crippen LogP contribution in [0.5, 0.6) is 0 Å². The summed E-state index contributed by atoms with van der Waals surface area (Å²) in [5, 5.41) is 0. The van der Waals surface area contributed by atoms with E-state index >= 15 is 0 Å². The lowest BCUT2D eigenvalue weighted by Crippen LogP contribution is -2.37. The van der Waals surface area contributed by atoms with Crippen LogP contribution < -0.4 is 10.5 Å². The molecule has 0 aromatic heterocycles. The molecule has 1 aromatic carbocycles. The number of nitrogens with two attached hydrogens (primary N) is 1. The highest BCUT2D eigenvalue weighted by Gasteiger charge is 2.36. The first-order chi connectivity index (χ1) is 9.45. The number of likely N-dealkylation sites (tertiary alicyclic amines) is 1. The third kappa shape index (κ3) is 3.00. The van der Waals surface area contributed by atoms with E-state index in [1.165, 1.54) is 18.9 Å². The van der Waals surface area contributed by atoms with Gasteiger partial charge in [0.2, 0.25) is 10.0 Å². The van der Waals surface area contributed by atoms with E-state index in [2.05, 4.69) is 25.6 Å². The van der Waals surface area contributed by atoms with Crippen molar-refractivity contribution in [1.82, 2.24) is 9.62 Å². The number of nitrogens with one attached hydrogen (secondary N) is 1. The lowest BCUT2D eigenvalue weighted by Gasteiger charge is -2.16. The number of nitrogen functional groups attached to an aromatic ring is 1. The minimum absolute atomic E-state index is 0.00468. The van der Waals surface area contributed by atoms with Crippen LogP contribution in [-0.2, 0) is 10.0 Å². The van der Waals surface area contributed by atoms with Crippen LogP contribution in [0, 0.1) is 0 Å². The Morgan fingerprint density at radius 1 is 1.30 bits per heavy atom. The molecule has 0 spiro atoms. The molecule has 1 aliphatic heterocycles. The molecule has 2 fully saturated rings. The Hall–Kier alpha value is -0.630. The summed E-state index contributed by atoms with van der Waals surface area (Å²) in [4.78, 5) is 2.63. The molecule has 1 aliphatic carbocycles. The van der Waals surface area contributed by atoms with Gasteiger partial charge in [-0.1, -0.05) is 0 Å². The Balaban J connectivity index is 1.72. The molecule has 1 atom stereocenters. The molecule has 110 valence electrons. The molecule has 0 bridgehead atoms. The second-order valence-corrected chi connectivity index (χ2v) is 8.06.